The van der Waals surface area contributed by atoms with Gasteiger partial charge >= 0.3 is 0 Å². The van der Waals surface area contributed by atoms with E-state index in [1.807, 2.05) is 30.0 Å². The highest BCUT2D eigenvalue weighted by Gasteiger charge is 2.03. The van der Waals surface area contributed by atoms with Gasteiger partial charge in [0.1, 0.15) is 0 Å². The lowest BCUT2D eigenvalue weighted by Crippen LogP contribution is -2.03. The quantitative estimate of drug-likeness (QED) is 0.756. The highest BCUT2D eigenvalue weighted by atomic mass is 35.5. The first-order chi connectivity index (χ1) is 7.25. The molecule has 0 saturated carbocycles. The van der Waals surface area contributed by atoms with Crippen molar-refractivity contribution in [3.8, 4) is 0 Å². The molecule has 4 heteroatoms. The van der Waals surface area contributed by atoms with Gasteiger partial charge in [-0.2, -0.15) is 11.8 Å². The molecule has 0 unspecified atom stereocenters. The number of rotatable bonds is 6. The van der Waals surface area contributed by atoms with Crippen LogP contribution in [0.3, 0.4) is 0 Å². The van der Waals surface area contributed by atoms with Gasteiger partial charge in [-0.05, 0) is 30.1 Å². The molecule has 15 heavy (non-hydrogen) atoms. The van der Waals surface area contributed by atoms with Gasteiger partial charge in [-0.15, -0.1) is 0 Å². The van der Waals surface area contributed by atoms with Crippen LogP contribution in [-0.2, 0) is 0 Å². The molecule has 0 aromatic heterocycles. The van der Waals surface area contributed by atoms with Crippen LogP contribution in [0.15, 0.2) is 18.2 Å². The molecule has 0 aliphatic carbocycles. The molecule has 0 aliphatic heterocycles. The Bertz CT molecular complexity index is 284. The molecule has 1 aromatic rings. The number of halogens is 2. The maximum Gasteiger partial charge on any atom is 0.0718 e. The predicted molar refractivity (Wildman–Crippen MR) is 72.6 cm³/mol. The topological polar surface area (TPSA) is 12.0 Å². The van der Waals surface area contributed by atoms with Gasteiger partial charge in [0.15, 0.2) is 0 Å². The lowest BCUT2D eigenvalue weighted by Gasteiger charge is -2.09. The van der Waals surface area contributed by atoms with E-state index in [2.05, 4.69) is 12.2 Å². The number of nitrogens with one attached hydrogen (secondary N) is 1. The molecule has 1 N–H and O–H groups in total. The van der Waals surface area contributed by atoms with Crippen LogP contribution in [0.2, 0.25) is 10.0 Å². The molecule has 0 heterocycles. The number of anilines is 1. The molecular formula is C11H15Cl2NS. The third-order valence-corrected chi connectivity index (χ3v) is 3.55. The summed E-state index contributed by atoms with van der Waals surface area (Å²) >= 11 is 14.0. The summed E-state index contributed by atoms with van der Waals surface area (Å²) in [6.45, 7) is 3.08. The molecule has 0 fully saturated rings. The number of thioether (sulfide) groups is 1. The van der Waals surface area contributed by atoms with E-state index in [1.165, 1.54) is 11.5 Å². The first-order valence-corrected chi connectivity index (χ1v) is 6.92. The minimum Gasteiger partial charge on any atom is -0.383 e. The zero-order chi connectivity index (χ0) is 11.1. The second-order valence-electron chi connectivity index (χ2n) is 3.07. The summed E-state index contributed by atoms with van der Waals surface area (Å²) in [5.74, 6) is 2.35. The van der Waals surface area contributed by atoms with Gasteiger partial charge in [-0.3, -0.25) is 0 Å². The average molecular weight is 264 g/mol. The molecule has 1 rings (SSSR count). The first-order valence-electron chi connectivity index (χ1n) is 5.01. The number of para-hydroxylation sites is 1. The largest absolute Gasteiger partial charge is 0.383 e. The molecule has 0 aliphatic rings. The summed E-state index contributed by atoms with van der Waals surface area (Å²) in [6, 6.07) is 5.54. The molecule has 0 saturated heterocycles. The fraction of sp³-hybridized carbons (Fsp3) is 0.455. The van der Waals surface area contributed by atoms with E-state index in [0.29, 0.717) is 10.0 Å². The zero-order valence-corrected chi connectivity index (χ0v) is 11.1. The highest BCUT2D eigenvalue weighted by molar-refractivity contribution is 7.99. The van der Waals surface area contributed by atoms with Crippen LogP contribution in [0.4, 0.5) is 5.69 Å². The summed E-state index contributed by atoms with van der Waals surface area (Å²) < 4.78 is 0. The zero-order valence-electron chi connectivity index (χ0n) is 8.72. The van der Waals surface area contributed by atoms with Crippen LogP contribution < -0.4 is 5.32 Å². The summed E-state index contributed by atoms with van der Waals surface area (Å²) in [7, 11) is 0. The molecule has 0 atom stereocenters. The van der Waals surface area contributed by atoms with Crippen LogP contribution in [0.25, 0.3) is 0 Å². The van der Waals surface area contributed by atoms with E-state index in [1.54, 1.807) is 0 Å². The molecule has 0 spiro atoms. The summed E-state index contributed by atoms with van der Waals surface area (Å²) in [5, 5.41) is 4.63. The van der Waals surface area contributed by atoms with Crippen molar-refractivity contribution in [2.24, 2.45) is 0 Å². The lowest BCUT2D eigenvalue weighted by molar-refractivity contribution is 0.992. The molecule has 0 radical (unpaired) electrons. The molecule has 0 bridgehead atoms. The van der Waals surface area contributed by atoms with Crippen molar-refractivity contribution in [1.82, 2.24) is 0 Å². The van der Waals surface area contributed by atoms with Gasteiger partial charge < -0.3 is 5.32 Å². The third kappa shape index (κ3) is 4.54. The van der Waals surface area contributed by atoms with Gasteiger partial charge in [0.25, 0.3) is 0 Å². The molecular weight excluding hydrogens is 249 g/mol. The summed E-state index contributed by atoms with van der Waals surface area (Å²) in [6.07, 6.45) is 1.13. The van der Waals surface area contributed by atoms with E-state index in [-0.39, 0.29) is 0 Å². The van der Waals surface area contributed by atoms with E-state index in [4.69, 9.17) is 23.2 Å². The Labute approximate surface area is 106 Å². The monoisotopic (exact) mass is 263 g/mol. The van der Waals surface area contributed by atoms with Crippen molar-refractivity contribution in [2.75, 3.05) is 23.4 Å². The fourth-order valence-corrected chi connectivity index (χ4v) is 2.37. The predicted octanol–water partition coefficient (Wildman–Crippen LogP) is 4.55. The molecule has 1 aromatic carbocycles. The van der Waals surface area contributed by atoms with Crippen LogP contribution >= 0.6 is 35.0 Å². The maximum absolute atomic E-state index is 6.02. The third-order valence-electron chi connectivity index (χ3n) is 1.93. The Hall–Kier alpha value is -0.0500. The molecule has 1 nitrogen and oxygen atoms in total. The summed E-state index contributed by atoms with van der Waals surface area (Å²) in [4.78, 5) is 0. The van der Waals surface area contributed by atoms with Gasteiger partial charge in [0, 0.05) is 6.54 Å². The second kappa shape index (κ2) is 7.26. The molecule has 84 valence electrons. The highest BCUT2D eigenvalue weighted by Crippen LogP contribution is 2.29. The Morgan fingerprint density at radius 2 is 1.93 bits per heavy atom. The van der Waals surface area contributed by atoms with Crippen LogP contribution in [0.1, 0.15) is 13.3 Å². The van der Waals surface area contributed by atoms with Gasteiger partial charge in [-0.1, -0.05) is 36.2 Å². The maximum atomic E-state index is 6.02. The minimum absolute atomic E-state index is 0.686. The number of benzene rings is 1. The van der Waals surface area contributed by atoms with Crippen LogP contribution in [0, 0.1) is 0 Å². The van der Waals surface area contributed by atoms with Crippen molar-refractivity contribution in [2.45, 2.75) is 13.3 Å². The van der Waals surface area contributed by atoms with E-state index in [9.17, 15) is 0 Å². The first kappa shape index (κ1) is 13.0. The van der Waals surface area contributed by atoms with Crippen molar-refractivity contribution in [3.05, 3.63) is 28.2 Å². The van der Waals surface area contributed by atoms with Gasteiger partial charge in [0.2, 0.25) is 0 Å². The smallest absolute Gasteiger partial charge is 0.0718 e. The second-order valence-corrected chi connectivity index (χ2v) is 5.28. The van der Waals surface area contributed by atoms with Crippen LogP contribution in [0.5, 0.6) is 0 Å². The standard InChI is InChI=1S/C11H15Cl2NS/c1-2-15-8-4-7-14-11-9(12)5-3-6-10(11)13/h3,5-6,14H,2,4,7-8H2,1H3. The fourth-order valence-electron chi connectivity index (χ4n) is 1.20. The van der Waals surface area contributed by atoms with E-state index in [0.717, 1.165) is 18.7 Å². The Balaban J connectivity index is 2.37. The SMILES string of the molecule is CCSCCCNc1c(Cl)cccc1Cl. The van der Waals surface area contributed by atoms with Gasteiger partial charge in [0.05, 0.1) is 15.7 Å². The van der Waals surface area contributed by atoms with E-state index >= 15 is 0 Å². The van der Waals surface area contributed by atoms with Gasteiger partial charge in [-0.25, -0.2) is 0 Å². The van der Waals surface area contributed by atoms with Crippen molar-refractivity contribution in [1.29, 1.82) is 0 Å². The number of hydrogen-bond donors (Lipinski definition) is 1. The number of hydrogen-bond acceptors (Lipinski definition) is 2. The summed E-state index contributed by atoms with van der Waals surface area (Å²) in [5.41, 5.74) is 0.849. The van der Waals surface area contributed by atoms with Crippen LogP contribution in [-0.4, -0.2) is 18.1 Å². The molecule has 0 amide bonds. The Morgan fingerprint density at radius 1 is 1.27 bits per heavy atom. The normalized spacial score (nSPS) is 10.3. The Kier molecular flexibility index (Phi) is 6.30. The lowest BCUT2D eigenvalue weighted by atomic mass is 10.3. The van der Waals surface area contributed by atoms with Crippen molar-refractivity contribution >= 4 is 40.7 Å². The Morgan fingerprint density at radius 3 is 2.53 bits per heavy atom. The van der Waals surface area contributed by atoms with Crippen molar-refractivity contribution in [3.63, 3.8) is 0 Å². The van der Waals surface area contributed by atoms with Crippen molar-refractivity contribution < 1.29 is 0 Å². The van der Waals surface area contributed by atoms with E-state index < -0.39 is 0 Å². The average Bonchev–Trinajstić information content (AvgIpc) is 2.21. The minimum atomic E-state index is 0.686.